The Morgan fingerprint density at radius 3 is 2.11 bits per heavy atom. The van der Waals surface area contributed by atoms with Crippen molar-refractivity contribution in [1.82, 2.24) is 0 Å². The van der Waals surface area contributed by atoms with Crippen LogP contribution in [0.4, 0.5) is 0 Å². The number of fused-ring (bicyclic) bond motifs is 2. The molecular formula is C40H64Cl2Si2Zr. The molecule has 9 atom stereocenters. The zero-order valence-electron chi connectivity index (χ0n) is 29.9. The van der Waals surface area contributed by atoms with E-state index in [1.165, 1.54) is 56.1 Å². The second-order valence-corrected chi connectivity index (χ2v) is 36.0. The van der Waals surface area contributed by atoms with Gasteiger partial charge in [-0.3, -0.25) is 0 Å². The van der Waals surface area contributed by atoms with E-state index in [0.717, 1.165) is 52.5 Å². The summed E-state index contributed by atoms with van der Waals surface area (Å²) in [5, 5.41) is 0. The first-order valence-corrected chi connectivity index (χ1v) is 31.2. The molecule has 45 heavy (non-hydrogen) atoms. The van der Waals surface area contributed by atoms with Crippen LogP contribution in [0.5, 0.6) is 0 Å². The Morgan fingerprint density at radius 1 is 0.756 bits per heavy atom. The van der Waals surface area contributed by atoms with Crippen molar-refractivity contribution in [2.45, 2.75) is 128 Å². The molecule has 2 aromatic rings. The van der Waals surface area contributed by atoms with Gasteiger partial charge in [-0.15, -0.1) is 0 Å². The number of rotatable bonds is 8. The first-order chi connectivity index (χ1) is 20.6. The summed E-state index contributed by atoms with van der Waals surface area (Å²) in [7, 11) is 7.14. The van der Waals surface area contributed by atoms with E-state index in [-0.39, 0.29) is 14.9 Å². The second-order valence-electron chi connectivity index (χ2n) is 16.2. The third-order valence-corrected chi connectivity index (χ3v) is 34.6. The van der Waals surface area contributed by atoms with Crippen LogP contribution in [0.2, 0.25) is 37.3 Å². The molecule has 0 nitrogen and oxygen atoms in total. The van der Waals surface area contributed by atoms with Gasteiger partial charge in [0.1, 0.15) is 0 Å². The summed E-state index contributed by atoms with van der Waals surface area (Å²) in [6.07, 6.45) is 16.6. The van der Waals surface area contributed by atoms with Crippen LogP contribution in [0, 0.1) is 50.4 Å². The fraction of sp³-hybridized carbons (Fsp3) is 0.650. The maximum absolute atomic E-state index is 4.93. The van der Waals surface area contributed by atoms with E-state index in [1.807, 2.05) is 0 Å². The second kappa shape index (κ2) is 17.3. The normalized spacial score (nSPS) is 32.2. The summed E-state index contributed by atoms with van der Waals surface area (Å²) >= 11 is -0.826. The van der Waals surface area contributed by atoms with Crippen molar-refractivity contribution in [2.75, 3.05) is 0 Å². The number of hydrogen-bond donors (Lipinski definition) is 0. The minimum atomic E-state index is -1.41. The fourth-order valence-corrected chi connectivity index (χ4v) is 26.2. The van der Waals surface area contributed by atoms with Crippen LogP contribution < -0.4 is 0 Å². The third kappa shape index (κ3) is 8.05. The molecule has 4 aliphatic carbocycles. The fourth-order valence-electron chi connectivity index (χ4n) is 11.5. The Labute approximate surface area is 300 Å². The standard InChI is InChI=1S/C38H58Si2.2CH3.2ClH.Zr/c1-7-8-15-28-22-23-31(25-28)39(3,4)40(5,6)38-27(2)24-35-36(38)26-30-18-14-21-33(30)37(35)34-20-13-12-19-32(34)29-16-10-9-11-17-29;;;;;/h9-13,16-17,19-20,27-28,30-31,33,35-38H,7-8,14-15,18,21-26H2,1-6H3;2*1H3;2*1H;/q;2*-1;;;+4/p-2. The molecule has 0 heterocycles. The summed E-state index contributed by atoms with van der Waals surface area (Å²) in [5.41, 5.74) is 6.81. The molecule has 6 rings (SSSR count). The Bertz CT molecular complexity index is 1170. The van der Waals surface area contributed by atoms with Gasteiger partial charge in [-0.05, 0) is 88.5 Å². The average Bonchev–Trinajstić information content (AvgIpc) is 3.74. The van der Waals surface area contributed by atoms with Crippen LogP contribution in [0.15, 0.2) is 54.6 Å². The first kappa shape index (κ1) is 39.8. The Hall–Kier alpha value is 0.337. The van der Waals surface area contributed by atoms with Gasteiger partial charge in [-0.1, -0.05) is 146 Å². The molecule has 0 amide bonds. The molecule has 0 aromatic heterocycles. The van der Waals surface area contributed by atoms with Crippen LogP contribution >= 0.6 is 17.0 Å². The van der Waals surface area contributed by atoms with Gasteiger partial charge in [0, 0.05) is 15.2 Å². The van der Waals surface area contributed by atoms with Crippen LogP contribution in [0.25, 0.3) is 11.1 Å². The predicted octanol–water partition coefficient (Wildman–Crippen LogP) is 14.0. The van der Waals surface area contributed by atoms with E-state index in [4.69, 9.17) is 17.0 Å². The molecule has 250 valence electrons. The van der Waals surface area contributed by atoms with Crippen molar-refractivity contribution in [2.24, 2.45) is 35.5 Å². The van der Waals surface area contributed by atoms with Crippen molar-refractivity contribution < 1.29 is 20.8 Å². The van der Waals surface area contributed by atoms with Gasteiger partial charge in [-0.25, -0.2) is 0 Å². The van der Waals surface area contributed by atoms with E-state index in [9.17, 15) is 0 Å². The first-order valence-electron chi connectivity index (χ1n) is 17.8. The van der Waals surface area contributed by atoms with Crippen molar-refractivity contribution in [3.8, 4) is 11.1 Å². The van der Waals surface area contributed by atoms with E-state index in [2.05, 4.69) is 94.6 Å². The molecule has 0 bridgehead atoms. The summed E-state index contributed by atoms with van der Waals surface area (Å²) in [6.45, 7) is 16.7. The van der Waals surface area contributed by atoms with Crippen molar-refractivity contribution in [3.05, 3.63) is 75.0 Å². The molecule has 0 spiro atoms. The molecule has 0 saturated heterocycles. The van der Waals surface area contributed by atoms with Crippen molar-refractivity contribution in [3.63, 3.8) is 0 Å². The SMILES string of the molecule is CCCCC1CCC([Si](C)(C)[Si](C)(C)C2C(C)CC3C2CC2CCCC2C3c2ccccc2-c2ccccc2)C1.[CH3-].[CH3-].[Cl][Zr+2][Cl]. The topological polar surface area (TPSA) is 0 Å². The van der Waals surface area contributed by atoms with Gasteiger partial charge in [0.25, 0.3) is 0 Å². The van der Waals surface area contributed by atoms with Gasteiger partial charge in [0.15, 0.2) is 0 Å². The Kier molecular flexibility index (Phi) is 15.3. The number of hydrogen-bond acceptors (Lipinski definition) is 0. The minimum absolute atomic E-state index is 0. The van der Waals surface area contributed by atoms with Crippen LogP contribution in [-0.2, 0) is 20.8 Å². The molecule has 0 aliphatic heterocycles. The maximum atomic E-state index is 4.93. The zero-order valence-corrected chi connectivity index (χ0v) is 35.9. The Balaban J connectivity index is 0.00000106. The molecule has 5 heteroatoms. The monoisotopic (exact) mass is 760 g/mol. The molecular weight excluding hydrogens is 699 g/mol. The van der Waals surface area contributed by atoms with E-state index in [0.29, 0.717) is 0 Å². The van der Waals surface area contributed by atoms with E-state index < -0.39 is 36.0 Å². The molecule has 2 aromatic carbocycles. The summed E-state index contributed by atoms with van der Waals surface area (Å²) in [4.78, 5) is 0. The molecule has 9 unspecified atom stereocenters. The molecule has 0 radical (unpaired) electrons. The van der Waals surface area contributed by atoms with Gasteiger partial charge >= 0.3 is 37.9 Å². The molecule has 4 saturated carbocycles. The Morgan fingerprint density at radius 2 is 1.42 bits per heavy atom. The predicted molar refractivity (Wildman–Crippen MR) is 205 cm³/mol. The zero-order chi connectivity index (χ0) is 30.8. The van der Waals surface area contributed by atoms with Gasteiger partial charge in [0.2, 0.25) is 0 Å². The molecule has 4 aliphatic rings. The van der Waals surface area contributed by atoms with Gasteiger partial charge < -0.3 is 14.9 Å². The third-order valence-electron chi connectivity index (χ3n) is 13.9. The summed E-state index contributed by atoms with van der Waals surface area (Å²) in [6, 6.07) is 21.0. The average molecular weight is 763 g/mol. The van der Waals surface area contributed by atoms with Crippen LogP contribution in [0.1, 0.15) is 96.0 Å². The number of benzene rings is 2. The van der Waals surface area contributed by atoms with Crippen LogP contribution in [0.3, 0.4) is 0 Å². The van der Waals surface area contributed by atoms with Crippen molar-refractivity contribution in [1.29, 1.82) is 0 Å². The van der Waals surface area contributed by atoms with Crippen molar-refractivity contribution >= 4 is 32.2 Å². The van der Waals surface area contributed by atoms with Crippen LogP contribution in [-0.4, -0.2) is 15.2 Å². The number of unbranched alkanes of at least 4 members (excludes halogenated alkanes) is 1. The summed E-state index contributed by atoms with van der Waals surface area (Å²) in [5.74, 6) is 6.52. The quantitative estimate of drug-likeness (QED) is 0.186. The number of halogens is 2. The van der Waals surface area contributed by atoms with E-state index in [1.54, 1.807) is 31.2 Å². The van der Waals surface area contributed by atoms with E-state index >= 15 is 0 Å². The molecule has 4 fully saturated rings. The molecule has 0 N–H and O–H groups in total. The van der Waals surface area contributed by atoms with Gasteiger partial charge in [-0.2, -0.15) is 0 Å². The summed E-state index contributed by atoms with van der Waals surface area (Å²) < 4.78 is 0. The van der Waals surface area contributed by atoms with Gasteiger partial charge in [0.05, 0.1) is 0 Å².